The summed E-state index contributed by atoms with van der Waals surface area (Å²) in [7, 11) is 0. The minimum absolute atomic E-state index is 0.0911. The summed E-state index contributed by atoms with van der Waals surface area (Å²) >= 11 is 1.64. The van der Waals surface area contributed by atoms with Crippen molar-refractivity contribution in [3.8, 4) is 11.3 Å². The number of carbonyl (C=O) groups excluding carboxylic acids is 1. The summed E-state index contributed by atoms with van der Waals surface area (Å²) in [5.74, 6) is 0.116. The molecule has 0 aliphatic carbocycles. The summed E-state index contributed by atoms with van der Waals surface area (Å²) in [4.78, 5) is 16.0. The number of aromatic nitrogens is 1. The highest BCUT2D eigenvalue weighted by Gasteiger charge is 2.26. The van der Waals surface area contributed by atoms with Crippen LogP contribution in [0.4, 0.5) is 0 Å². The number of rotatable bonds is 6. The van der Waals surface area contributed by atoms with E-state index in [-0.39, 0.29) is 17.8 Å². The van der Waals surface area contributed by atoms with E-state index >= 15 is 0 Å². The minimum Gasteiger partial charge on any atom is -0.376 e. The van der Waals surface area contributed by atoms with Gasteiger partial charge in [0.2, 0.25) is 5.76 Å². The highest BCUT2D eigenvalue weighted by Crippen LogP contribution is 2.23. The van der Waals surface area contributed by atoms with Crippen molar-refractivity contribution >= 4 is 17.2 Å². The molecule has 1 aliphatic rings. The second kappa shape index (κ2) is 8.06. The van der Waals surface area contributed by atoms with Crippen molar-refractivity contribution in [3.05, 3.63) is 64.0 Å². The Morgan fingerprint density at radius 2 is 2.15 bits per heavy atom. The van der Waals surface area contributed by atoms with E-state index in [1.807, 2.05) is 48.7 Å². The van der Waals surface area contributed by atoms with E-state index < -0.39 is 0 Å². The average molecular weight is 382 g/mol. The van der Waals surface area contributed by atoms with Crippen LogP contribution in [0.3, 0.4) is 0 Å². The molecule has 3 aromatic rings. The second-order valence-corrected chi connectivity index (χ2v) is 7.87. The number of ether oxygens (including phenoxy) is 1. The molecule has 140 valence electrons. The summed E-state index contributed by atoms with van der Waals surface area (Å²) in [6, 6.07) is 13.8. The predicted molar refractivity (Wildman–Crippen MR) is 105 cm³/mol. The van der Waals surface area contributed by atoms with Gasteiger partial charge in [0.25, 0.3) is 5.91 Å². The standard InChI is InChI=1S/C21H22N2O3S/c1-15-6-8-16(9-7-15)19-12-20(26-22-19)21(24)23(13-17-4-2-10-25-17)14-18-5-3-11-27-18/h3,5-9,11-12,17H,2,4,10,13-14H2,1H3. The van der Waals surface area contributed by atoms with Gasteiger partial charge < -0.3 is 14.2 Å². The molecule has 1 aromatic carbocycles. The fourth-order valence-electron chi connectivity index (χ4n) is 3.24. The van der Waals surface area contributed by atoms with E-state index in [1.54, 1.807) is 22.3 Å². The first kappa shape index (κ1) is 17.9. The first-order chi connectivity index (χ1) is 13.2. The summed E-state index contributed by atoms with van der Waals surface area (Å²) in [5.41, 5.74) is 2.79. The third kappa shape index (κ3) is 4.28. The molecule has 6 heteroatoms. The molecule has 0 spiro atoms. The van der Waals surface area contributed by atoms with Crippen molar-refractivity contribution in [3.63, 3.8) is 0 Å². The lowest BCUT2D eigenvalue weighted by Crippen LogP contribution is -2.36. The quantitative estimate of drug-likeness (QED) is 0.628. The maximum atomic E-state index is 13.1. The number of hydrogen-bond acceptors (Lipinski definition) is 5. The van der Waals surface area contributed by atoms with Crippen molar-refractivity contribution in [2.45, 2.75) is 32.4 Å². The maximum absolute atomic E-state index is 13.1. The van der Waals surface area contributed by atoms with Crippen molar-refractivity contribution < 1.29 is 14.1 Å². The van der Waals surface area contributed by atoms with Gasteiger partial charge in [-0.25, -0.2) is 0 Å². The van der Waals surface area contributed by atoms with Crippen LogP contribution in [0.2, 0.25) is 0 Å². The van der Waals surface area contributed by atoms with Gasteiger partial charge in [-0.05, 0) is 31.2 Å². The lowest BCUT2D eigenvalue weighted by atomic mass is 10.1. The van der Waals surface area contributed by atoms with E-state index in [4.69, 9.17) is 9.26 Å². The third-order valence-electron chi connectivity index (χ3n) is 4.73. The lowest BCUT2D eigenvalue weighted by Gasteiger charge is -2.23. The van der Waals surface area contributed by atoms with E-state index in [0.717, 1.165) is 29.9 Å². The maximum Gasteiger partial charge on any atom is 0.292 e. The molecule has 27 heavy (non-hydrogen) atoms. The lowest BCUT2D eigenvalue weighted by molar-refractivity contribution is 0.0479. The number of aryl methyl sites for hydroxylation is 1. The zero-order valence-corrected chi connectivity index (χ0v) is 16.1. The van der Waals surface area contributed by atoms with Gasteiger partial charge in [-0.15, -0.1) is 11.3 Å². The van der Waals surface area contributed by atoms with E-state index in [0.29, 0.717) is 18.8 Å². The molecule has 5 nitrogen and oxygen atoms in total. The Morgan fingerprint density at radius 3 is 2.85 bits per heavy atom. The zero-order valence-electron chi connectivity index (χ0n) is 15.3. The highest BCUT2D eigenvalue weighted by molar-refractivity contribution is 7.09. The molecule has 0 bridgehead atoms. The van der Waals surface area contributed by atoms with Crippen LogP contribution >= 0.6 is 11.3 Å². The van der Waals surface area contributed by atoms with Crippen LogP contribution in [-0.2, 0) is 11.3 Å². The summed E-state index contributed by atoms with van der Waals surface area (Å²) in [6.07, 6.45) is 2.12. The van der Waals surface area contributed by atoms with E-state index in [2.05, 4.69) is 5.16 Å². The number of benzene rings is 1. The molecule has 0 N–H and O–H groups in total. The van der Waals surface area contributed by atoms with Crippen LogP contribution in [0.15, 0.2) is 52.4 Å². The van der Waals surface area contributed by atoms with Gasteiger partial charge in [-0.3, -0.25) is 4.79 Å². The fraction of sp³-hybridized carbons (Fsp3) is 0.333. The second-order valence-electron chi connectivity index (χ2n) is 6.84. The van der Waals surface area contributed by atoms with E-state index in [1.165, 1.54) is 5.56 Å². The highest BCUT2D eigenvalue weighted by atomic mass is 32.1. The Bertz CT molecular complexity index is 881. The molecule has 1 unspecified atom stereocenters. The SMILES string of the molecule is Cc1ccc(-c2cc(C(=O)N(Cc3cccs3)CC3CCCO3)on2)cc1. The van der Waals surface area contributed by atoms with Crippen LogP contribution in [-0.4, -0.2) is 35.2 Å². The molecule has 4 rings (SSSR count). The molecular weight excluding hydrogens is 360 g/mol. The van der Waals surface area contributed by atoms with Gasteiger partial charge in [0, 0.05) is 29.7 Å². The Balaban J connectivity index is 1.54. The van der Waals surface area contributed by atoms with Crippen molar-refractivity contribution in [2.24, 2.45) is 0 Å². The molecule has 2 aromatic heterocycles. The Morgan fingerprint density at radius 1 is 1.30 bits per heavy atom. The molecule has 0 radical (unpaired) electrons. The average Bonchev–Trinajstić information content (AvgIpc) is 3.44. The molecule has 0 saturated carbocycles. The Kier molecular flexibility index (Phi) is 5.36. The molecule has 1 saturated heterocycles. The molecule has 1 amide bonds. The summed E-state index contributed by atoms with van der Waals surface area (Å²) in [5, 5.41) is 6.12. The number of nitrogens with zero attached hydrogens (tertiary/aromatic N) is 2. The third-order valence-corrected chi connectivity index (χ3v) is 5.59. The first-order valence-electron chi connectivity index (χ1n) is 9.16. The first-order valence-corrected chi connectivity index (χ1v) is 10.0. The smallest absolute Gasteiger partial charge is 0.292 e. The topological polar surface area (TPSA) is 55.6 Å². The largest absolute Gasteiger partial charge is 0.376 e. The fourth-order valence-corrected chi connectivity index (χ4v) is 3.96. The summed E-state index contributed by atoms with van der Waals surface area (Å²) < 4.78 is 11.1. The van der Waals surface area contributed by atoms with Gasteiger partial charge in [0.15, 0.2) is 0 Å². The number of carbonyl (C=O) groups is 1. The normalized spacial score (nSPS) is 16.6. The van der Waals surface area contributed by atoms with Crippen molar-refractivity contribution in [1.29, 1.82) is 0 Å². The van der Waals surface area contributed by atoms with Crippen LogP contribution in [0.1, 0.15) is 33.8 Å². The van der Waals surface area contributed by atoms with Crippen LogP contribution in [0, 0.1) is 6.92 Å². The van der Waals surface area contributed by atoms with E-state index in [9.17, 15) is 4.79 Å². The van der Waals surface area contributed by atoms with Gasteiger partial charge in [0.1, 0.15) is 5.69 Å². The molecular formula is C21H22N2O3S. The predicted octanol–water partition coefficient (Wildman–Crippen LogP) is 4.53. The van der Waals surface area contributed by atoms with Gasteiger partial charge in [-0.1, -0.05) is 41.1 Å². The number of amides is 1. The molecule has 3 heterocycles. The summed E-state index contributed by atoms with van der Waals surface area (Å²) in [6.45, 7) is 3.93. The van der Waals surface area contributed by atoms with Crippen molar-refractivity contribution in [1.82, 2.24) is 10.1 Å². The van der Waals surface area contributed by atoms with Crippen LogP contribution < -0.4 is 0 Å². The molecule has 1 fully saturated rings. The van der Waals surface area contributed by atoms with Crippen LogP contribution in [0.25, 0.3) is 11.3 Å². The van der Waals surface area contributed by atoms with Crippen molar-refractivity contribution in [2.75, 3.05) is 13.2 Å². The monoisotopic (exact) mass is 382 g/mol. The molecule has 1 atom stereocenters. The Labute approximate surface area is 162 Å². The molecule has 1 aliphatic heterocycles. The zero-order chi connectivity index (χ0) is 18.6. The Hall–Kier alpha value is -2.44. The minimum atomic E-state index is -0.148. The van der Waals surface area contributed by atoms with Gasteiger partial charge in [-0.2, -0.15) is 0 Å². The van der Waals surface area contributed by atoms with Gasteiger partial charge in [0.05, 0.1) is 12.6 Å². The van der Waals surface area contributed by atoms with Gasteiger partial charge >= 0.3 is 0 Å². The number of hydrogen-bond donors (Lipinski definition) is 0. The number of thiophene rings is 1. The van der Waals surface area contributed by atoms with Crippen LogP contribution in [0.5, 0.6) is 0 Å².